The Balaban J connectivity index is 1.71. The standard InChI is InChI=1S/C14H20N2O2S/c17-19(18)12-14(15-8-4-5-9-15)11-16(19)10-13-6-2-1-3-7-13/h1-3,6-7,14H,4-5,8-12H2. The Morgan fingerprint density at radius 1 is 1.11 bits per heavy atom. The first-order valence-corrected chi connectivity index (χ1v) is 8.52. The molecule has 5 heteroatoms. The maximum absolute atomic E-state index is 12.2. The number of nitrogens with zero attached hydrogens (tertiary/aromatic N) is 2. The smallest absolute Gasteiger partial charge is 0.216 e. The molecule has 2 aliphatic heterocycles. The molecule has 0 spiro atoms. The SMILES string of the molecule is O=S1(=O)CC(N2CCCC2)CN1Cc1ccccc1. The van der Waals surface area contributed by atoms with E-state index in [2.05, 4.69) is 4.90 Å². The molecule has 1 atom stereocenters. The lowest BCUT2D eigenvalue weighted by Gasteiger charge is -2.21. The van der Waals surface area contributed by atoms with Crippen molar-refractivity contribution < 1.29 is 8.42 Å². The van der Waals surface area contributed by atoms with E-state index in [0.717, 1.165) is 18.7 Å². The number of sulfonamides is 1. The molecule has 2 heterocycles. The van der Waals surface area contributed by atoms with Crippen molar-refractivity contribution in [2.24, 2.45) is 0 Å². The van der Waals surface area contributed by atoms with Gasteiger partial charge in [-0.25, -0.2) is 8.42 Å². The first-order chi connectivity index (χ1) is 9.15. The van der Waals surface area contributed by atoms with Crippen LogP contribution in [0.5, 0.6) is 0 Å². The van der Waals surface area contributed by atoms with E-state index in [1.54, 1.807) is 4.31 Å². The highest BCUT2D eigenvalue weighted by atomic mass is 32.2. The quantitative estimate of drug-likeness (QED) is 0.838. The predicted molar refractivity (Wildman–Crippen MR) is 75.2 cm³/mol. The summed E-state index contributed by atoms with van der Waals surface area (Å²) in [4.78, 5) is 2.34. The first-order valence-electron chi connectivity index (χ1n) is 6.91. The van der Waals surface area contributed by atoms with E-state index in [0.29, 0.717) is 18.8 Å². The molecule has 0 radical (unpaired) electrons. The normalized spacial score (nSPS) is 27.9. The van der Waals surface area contributed by atoms with E-state index in [1.165, 1.54) is 12.8 Å². The topological polar surface area (TPSA) is 40.6 Å². The van der Waals surface area contributed by atoms with Crippen molar-refractivity contribution in [2.45, 2.75) is 25.4 Å². The highest BCUT2D eigenvalue weighted by molar-refractivity contribution is 7.89. The van der Waals surface area contributed by atoms with Crippen LogP contribution in [0.25, 0.3) is 0 Å². The molecule has 1 aromatic rings. The summed E-state index contributed by atoms with van der Waals surface area (Å²) in [6.45, 7) is 3.27. The Morgan fingerprint density at radius 2 is 1.79 bits per heavy atom. The molecule has 0 aliphatic carbocycles. The van der Waals surface area contributed by atoms with Crippen LogP contribution in [0.1, 0.15) is 18.4 Å². The Hall–Kier alpha value is -0.910. The van der Waals surface area contributed by atoms with Crippen molar-refractivity contribution in [1.29, 1.82) is 0 Å². The van der Waals surface area contributed by atoms with Crippen molar-refractivity contribution in [2.75, 3.05) is 25.4 Å². The summed E-state index contributed by atoms with van der Waals surface area (Å²) < 4.78 is 26.1. The monoisotopic (exact) mass is 280 g/mol. The summed E-state index contributed by atoms with van der Waals surface area (Å²) in [7, 11) is -3.08. The van der Waals surface area contributed by atoms with Crippen LogP contribution in [0.2, 0.25) is 0 Å². The van der Waals surface area contributed by atoms with Crippen LogP contribution in [-0.2, 0) is 16.6 Å². The number of benzene rings is 1. The second kappa shape index (κ2) is 5.23. The summed E-state index contributed by atoms with van der Waals surface area (Å²) in [5.41, 5.74) is 1.06. The summed E-state index contributed by atoms with van der Waals surface area (Å²) in [5, 5.41) is 0. The lowest BCUT2D eigenvalue weighted by atomic mass is 10.2. The molecule has 104 valence electrons. The van der Waals surface area contributed by atoms with Crippen LogP contribution in [0.15, 0.2) is 30.3 Å². The second-order valence-electron chi connectivity index (χ2n) is 5.45. The maximum Gasteiger partial charge on any atom is 0.216 e. The van der Waals surface area contributed by atoms with Gasteiger partial charge in [-0.1, -0.05) is 30.3 Å². The van der Waals surface area contributed by atoms with Gasteiger partial charge in [0.2, 0.25) is 10.0 Å². The fourth-order valence-corrected chi connectivity index (χ4v) is 4.79. The first kappa shape index (κ1) is 13.1. The lowest BCUT2D eigenvalue weighted by molar-refractivity contribution is 0.242. The van der Waals surface area contributed by atoms with Crippen molar-refractivity contribution in [3.8, 4) is 0 Å². The van der Waals surface area contributed by atoms with Crippen LogP contribution < -0.4 is 0 Å². The average molecular weight is 280 g/mol. The van der Waals surface area contributed by atoms with Gasteiger partial charge in [0.15, 0.2) is 0 Å². The number of hydrogen-bond acceptors (Lipinski definition) is 3. The van der Waals surface area contributed by atoms with Gasteiger partial charge in [-0.15, -0.1) is 0 Å². The van der Waals surface area contributed by atoms with Crippen LogP contribution in [0.3, 0.4) is 0 Å². The zero-order chi connectivity index (χ0) is 13.3. The van der Waals surface area contributed by atoms with Crippen LogP contribution in [-0.4, -0.2) is 49.1 Å². The lowest BCUT2D eigenvalue weighted by Crippen LogP contribution is -2.36. The molecule has 2 saturated heterocycles. The summed E-state index contributed by atoms with van der Waals surface area (Å²) in [6, 6.07) is 10.0. The molecule has 3 rings (SSSR count). The molecule has 0 amide bonds. The van der Waals surface area contributed by atoms with E-state index in [4.69, 9.17) is 0 Å². The minimum Gasteiger partial charge on any atom is -0.298 e. The van der Waals surface area contributed by atoms with Crippen molar-refractivity contribution >= 4 is 10.0 Å². The molecule has 4 nitrogen and oxygen atoms in total. The average Bonchev–Trinajstić information content (AvgIpc) is 2.99. The molecular formula is C14H20N2O2S. The van der Waals surface area contributed by atoms with E-state index in [1.807, 2.05) is 30.3 Å². The molecule has 0 aromatic heterocycles. The maximum atomic E-state index is 12.2. The second-order valence-corrected chi connectivity index (χ2v) is 7.47. The van der Waals surface area contributed by atoms with E-state index in [-0.39, 0.29) is 6.04 Å². The Bertz CT molecular complexity index is 524. The van der Waals surface area contributed by atoms with Gasteiger partial charge in [-0.2, -0.15) is 4.31 Å². The van der Waals surface area contributed by atoms with Gasteiger partial charge < -0.3 is 0 Å². The van der Waals surface area contributed by atoms with E-state index < -0.39 is 10.0 Å². The molecule has 0 bridgehead atoms. The third kappa shape index (κ3) is 2.83. The minimum absolute atomic E-state index is 0.191. The Labute approximate surface area is 115 Å². The molecule has 2 aliphatic rings. The van der Waals surface area contributed by atoms with Crippen molar-refractivity contribution in [3.05, 3.63) is 35.9 Å². The highest BCUT2D eigenvalue weighted by Crippen LogP contribution is 2.23. The minimum atomic E-state index is -3.08. The Kier molecular flexibility index (Phi) is 3.60. The fourth-order valence-electron chi connectivity index (χ4n) is 3.03. The third-order valence-electron chi connectivity index (χ3n) is 4.07. The molecule has 19 heavy (non-hydrogen) atoms. The van der Waals surface area contributed by atoms with Gasteiger partial charge in [-0.3, -0.25) is 4.90 Å². The van der Waals surface area contributed by atoms with Gasteiger partial charge in [0.1, 0.15) is 0 Å². The largest absolute Gasteiger partial charge is 0.298 e. The van der Waals surface area contributed by atoms with Crippen molar-refractivity contribution in [3.63, 3.8) is 0 Å². The van der Waals surface area contributed by atoms with Crippen molar-refractivity contribution in [1.82, 2.24) is 9.21 Å². The summed E-state index contributed by atoms with van der Waals surface area (Å²) in [6.07, 6.45) is 2.41. The van der Waals surface area contributed by atoms with E-state index >= 15 is 0 Å². The van der Waals surface area contributed by atoms with Gasteiger partial charge in [-0.05, 0) is 31.5 Å². The van der Waals surface area contributed by atoms with Gasteiger partial charge >= 0.3 is 0 Å². The van der Waals surface area contributed by atoms with Gasteiger partial charge in [0.05, 0.1) is 5.75 Å². The zero-order valence-electron chi connectivity index (χ0n) is 11.0. The number of rotatable bonds is 3. The Morgan fingerprint density at radius 3 is 2.47 bits per heavy atom. The summed E-state index contributed by atoms with van der Waals surface area (Å²) >= 11 is 0. The molecule has 0 N–H and O–H groups in total. The molecule has 0 saturated carbocycles. The third-order valence-corrected chi connectivity index (χ3v) is 5.94. The fraction of sp³-hybridized carbons (Fsp3) is 0.571. The van der Waals surface area contributed by atoms with Gasteiger partial charge in [0.25, 0.3) is 0 Å². The molecular weight excluding hydrogens is 260 g/mol. The molecule has 1 aromatic carbocycles. The zero-order valence-corrected chi connectivity index (χ0v) is 11.8. The number of likely N-dealkylation sites (tertiary alicyclic amines) is 1. The number of hydrogen-bond donors (Lipinski definition) is 0. The van der Waals surface area contributed by atoms with E-state index in [9.17, 15) is 8.42 Å². The molecule has 1 unspecified atom stereocenters. The van der Waals surface area contributed by atoms with Gasteiger partial charge in [0, 0.05) is 19.1 Å². The molecule has 2 fully saturated rings. The predicted octanol–water partition coefficient (Wildman–Crippen LogP) is 1.30. The van der Waals surface area contributed by atoms with Crippen LogP contribution in [0.4, 0.5) is 0 Å². The van der Waals surface area contributed by atoms with Crippen LogP contribution in [0, 0.1) is 0 Å². The summed E-state index contributed by atoms with van der Waals surface area (Å²) in [5.74, 6) is 0.292. The van der Waals surface area contributed by atoms with Crippen LogP contribution >= 0.6 is 0 Å². The highest BCUT2D eigenvalue weighted by Gasteiger charge is 2.39.